The zero-order chi connectivity index (χ0) is 9.10. The summed E-state index contributed by atoms with van der Waals surface area (Å²) in [4.78, 5) is 0. The second-order valence-corrected chi connectivity index (χ2v) is 3.18. The quantitative estimate of drug-likeness (QED) is 0.642. The van der Waals surface area contributed by atoms with Gasteiger partial charge in [-0.1, -0.05) is 49.4 Å². The summed E-state index contributed by atoms with van der Waals surface area (Å²) >= 11 is 0. The third-order valence-electron chi connectivity index (χ3n) is 2.25. The van der Waals surface area contributed by atoms with Crippen LogP contribution in [-0.2, 0) is 0 Å². The van der Waals surface area contributed by atoms with E-state index in [0.29, 0.717) is 0 Å². The molecule has 0 aromatic carbocycles. The maximum Gasteiger partial charge on any atom is -0.00894 e. The highest BCUT2D eigenvalue weighted by Gasteiger charge is 2.05. The molecular weight excluding hydrogens is 156 g/mol. The van der Waals surface area contributed by atoms with Gasteiger partial charge in [0.15, 0.2) is 0 Å². The average molecular weight is 169 g/mol. The van der Waals surface area contributed by atoms with Gasteiger partial charge in [-0.05, 0) is 29.5 Å². The highest BCUT2D eigenvalue weighted by atomic mass is 14.1. The van der Waals surface area contributed by atoms with Crippen LogP contribution < -0.4 is 0 Å². The summed E-state index contributed by atoms with van der Waals surface area (Å²) in [5.41, 5.74) is 4.03. The Morgan fingerprint density at radius 3 is 2.69 bits per heavy atom. The van der Waals surface area contributed by atoms with Gasteiger partial charge in [-0.3, -0.25) is 0 Å². The lowest BCUT2D eigenvalue weighted by atomic mass is 10.1. The molecule has 0 amide bonds. The first-order valence-electron chi connectivity index (χ1n) is 4.73. The Bertz CT molecular complexity index is 363. The molecular formula is C13H13. The minimum atomic E-state index is 1.09. The van der Waals surface area contributed by atoms with Gasteiger partial charge in [0.05, 0.1) is 0 Å². The van der Waals surface area contributed by atoms with Crippen LogP contribution in [0.25, 0.3) is 11.1 Å². The van der Waals surface area contributed by atoms with Crippen LogP contribution in [0, 0.1) is 6.42 Å². The van der Waals surface area contributed by atoms with E-state index in [1.54, 1.807) is 0 Å². The molecule has 2 aliphatic carbocycles. The van der Waals surface area contributed by atoms with Crippen LogP contribution in [0.1, 0.15) is 18.9 Å². The van der Waals surface area contributed by atoms with Gasteiger partial charge in [0.1, 0.15) is 0 Å². The minimum absolute atomic E-state index is 1.09. The Labute approximate surface area is 79.6 Å². The SMILES string of the molecule is CC[CH]c1ccc2cccccc1-2. The van der Waals surface area contributed by atoms with Gasteiger partial charge in [-0.2, -0.15) is 0 Å². The average Bonchev–Trinajstić information content (AvgIpc) is 2.38. The molecule has 0 saturated heterocycles. The minimum Gasteiger partial charge on any atom is -0.0648 e. The van der Waals surface area contributed by atoms with Gasteiger partial charge in [-0.15, -0.1) is 0 Å². The standard InChI is InChI=1S/C13H13/c1-2-6-11-9-10-12-7-4-3-5-8-13(11)12/h3-10H,2H2,1H3. The molecule has 0 spiro atoms. The Hall–Kier alpha value is -1.30. The van der Waals surface area contributed by atoms with E-state index in [0.717, 1.165) is 6.42 Å². The van der Waals surface area contributed by atoms with Crippen molar-refractivity contribution in [1.82, 2.24) is 0 Å². The summed E-state index contributed by atoms with van der Waals surface area (Å²) in [6.45, 7) is 2.17. The maximum absolute atomic E-state index is 2.27. The highest BCUT2D eigenvalue weighted by molar-refractivity contribution is 5.71. The van der Waals surface area contributed by atoms with Crippen molar-refractivity contribution in [3.05, 3.63) is 54.4 Å². The highest BCUT2D eigenvalue weighted by Crippen LogP contribution is 2.28. The second kappa shape index (κ2) is 3.61. The third kappa shape index (κ3) is 1.57. The molecule has 0 aliphatic heterocycles. The van der Waals surface area contributed by atoms with Crippen LogP contribution in [0.5, 0.6) is 0 Å². The summed E-state index contributed by atoms with van der Waals surface area (Å²) in [6, 6.07) is 14.9. The van der Waals surface area contributed by atoms with Gasteiger partial charge in [0, 0.05) is 0 Å². The summed E-state index contributed by atoms with van der Waals surface area (Å²) in [5, 5.41) is 0. The van der Waals surface area contributed by atoms with E-state index in [4.69, 9.17) is 0 Å². The maximum atomic E-state index is 2.27. The zero-order valence-corrected chi connectivity index (χ0v) is 7.83. The molecule has 0 aromatic heterocycles. The smallest absolute Gasteiger partial charge is 0.00894 e. The number of hydrogen-bond donors (Lipinski definition) is 0. The Morgan fingerprint density at radius 2 is 1.85 bits per heavy atom. The van der Waals surface area contributed by atoms with Crippen molar-refractivity contribution < 1.29 is 0 Å². The predicted octanol–water partition coefficient (Wildman–Crippen LogP) is 3.75. The Kier molecular flexibility index (Phi) is 2.31. The van der Waals surface area contributed by atoms with Gasteiger partial charge < -0.3 is 0 Å². The topological polar surface area (TPSA) is 0 Å². The molecule has 0 saturated carbocycles. The van der Waals surface area contributed by atoms with E-state index in [1.807, 2.05) is 0 Å². The molecule has 65 valence electrons. The van der Waals surface area contributed by atoms with E-state index in [-0.39, 0.29) is 0 Å². The normalized spacial score (nSPS) is 10.5. The van der Waals surface area contributed by atoms with E-state index in [2.05, 4.69) is 55.8 Å². The van der Waals surface area contributed by atoms with Crippen LogP contribution in [0.2, 0.25) is 0 Å². The van der Waals surface area contributed by atoms with E-state index in [9.17, 15) is 0 Å². The van der Waals surface area contributed by atoms with Crippen LogP contribution in [0.3, 0.4) is 0 Å². The van der Waals surface area contributed by atoms with E-state index < -0.39 is 0 Å². The fraction of sp³-hybridized carbons (Fsp3) is 0.154. The molecule has 1 radical (unpaired) electrons. The zero-order valence-electron chi connectivity index (χ0n) is 7.83. The summed E-state index contributed by atoms with van der Waals surface area (Å²) in [5.74, 6) is 0. The lowest BCUT2D eigenvalue weighted by Gasteiger charge is -1.97. The molecule has 0 N–H and O–H groups in total. The van der Waals surface area contributed by atoms with Crippen molar-refractivity contribution in [2.75, 3.05) is 0 Å². The molecule has 0 bridgehead atoms. The summed E-state index contributed by atoms with van der Waals surface area (Å²) in [7, 11) is 0. The molecule has 0 atom stereocenters. The number of hydrogen-bond acceptors (Lipinski definition) is 0. The van der Waals surface area contributed by atoms with Crippen molar-refractivity contribution in [2.45, 2.75) is 13.3 Å². The van der Waals surface area contributed by atoms with Crippen molar-refractivity contribution >= 4 is 0 Å². The Balaban J connectivity index is 2.49. The van der Waals surface area contributed by atoms with Crippen LogP contribution >= 0.6 is 0 Å². The molecule has 2 aliphatic rings. The first-order valence-corrected chi connectivity index (χ1v) is 4.73. The predicted molar refractivity (Wildman–Crippen MR) is 56.8 cm³/mol. The first kappa shape index (κ1) is 8.31. The van der Waals surface area contributed by atoms with Crippen LogP contribution in [0.4, 0.5) is 0 Å². The number of rotatable bonds is 2. The summed E-state index contributed by atoms with van der Waals surface area (Å²) < 4.78 is 0. The molecule has 13 heavy (non-hydrogen) atoms. The van der Waals surface area contributed by atoms with Gasteiger partial charge in [-0.25, -0.2) is 0 Å². The van der Waals surface area contributed by atoms with Gasteiger partial charge in [0.25, 0.3) is 0 Å². The van der Waals surface area contributed by atoms with Gasteiger partial charge >= 0.3 is 0 Å². The summed E-state index contributed by atoms with van der Waals surface area (Å²) in [6.07, 6.45) is 3.36. The van der Waals surface area contributed by atoms with Crippen molar-refractivity contribution in [3.8, 4) is 11.1 Å². The molecule has 0 unspecified atom stereocenters. The number of fused-ring (bicyclic) bond motifs is 1. The molecule has 0 nitrogen and oxygen atoms in total. The third-order valence-corrected chi connectivity index (χ3v) is 2.25. The fourth-order valence-electron chi connectivity index (χ4n) is 1.64. The largest absolute Gasteiger partial charge is 0.0648 e. The Morgan fingerprint density at radius 1 is 1.00 bits per heavy atom. The van der Waals surface area contributed by atoms with E-state index in [1.165, 1.54) is 16.7 Å². The van der Waals surface area contributed by atoms with Crippen molar-refractivity contribution in [3.63, 3.8) is 0 Å². The lowest BCUT2D eigenvalue weighted by molar-refractivity contribution is 1.13. The lowest BCUT2D eigenvalue weighted by Crippen LogP contribution is -1.77. The first-order chi connectivity index (χ1) is 6.42. The molecule has 0 heterocycles. The molecule has 2 rings (SSSR count). The molecule has 0 aromatic rings. The molecule has 0 heteroatoms. The second-order valence-electron chi connectivity index (χ2n) is 3.18. The fourth-order valence-corrected chi connectivity index (χ4v) is 1.64. The van der Waals surface area contributed by atoms with Crippen molar-refractivity contribution in [2.24, 2.45) is 0 Å². The van der Waals surface area contributed by atoms with E-state index >= 15 is 0 Å². The van der Waals surface area contributed by atoms with Crippen LogP contribution in [-0.4, -0.2) is 0 Å². The van der Waals surface area contributed by atoms with Crippen LogP contribution in [0.15, 0.2) is 42.5 Å². The van der Waals surface area contributed by atoms with Crippen molar-refractivity contribution in [1.29, 1.82) is 0 Å². The van der Waals surface area contributed by atoms with Gasteiger partial charge in [0.2, 0.25) is 0 Å². The molecule has 0 fully saturated rings. The monoisotopic (exact) mass is 169 g/mol.